The number of rotatable bonds is 7. The predicted molar refractivity (Wildman–Crippen MR) is 124 cm³/mol. The Morgan fingerprint density at radius 1 is 0.882 bits per heavy atom. The summed E-state index contributed by atoms with van der Waals surface area (Å²) in [6.07, 6.45) is 4.05. The Morgan fingerprint density at radius 3 is 2.12 bits per heavy atom. The Kier molecular flexibility index (Phi) is 7.52. The van der Waals surface area contributed by atoms with Crippen molar-refractivity contribution >= 4 is 15.9 Å². The molecule has 6 nitrogen and oxygen atoms in total. The molecule has 0 unspecified atom stereocenters. The van der Waals surface area contributed by atoms with E-state index in [2.05, 4.69) is 0 Å². The average Bonchev–Trinajstić information content (AvgIpc) is 2.84. The van der Waals surface area contributed by atoms with Crippen LogP contribution in [0, 0.1) is 17.0 Å². The molecule has 184 valence electrons. The van der Waals surface area contributed by atoms with Crippen molar-refractivity contribution in [1.29, 1.82) is 0 Å². The minimum absolute atomic E-state index is 0.0489. The van der Waals surface area contributed by atoms with E-state index < -0.39 is 32.0 Å². The number of hydrogen-bond acceptors (Lipinski definition) is 4. The zero-order valence-corrected chi connectivity index (χ0v) is 19.9. The number of amides is 1. The number of para-hydroxylation sites is 1. The predicted octanol–water partition coefficient (Wildman–Crippen LogP) is 4.22. The molecule has 1 amide bonds. The highest BCUT2D eigenvalue weighted by atomic mass is 32.2. The first kappa shape index (κ1) is 24.6. The fraction of sp³-hybridized carbons (Fsp3) is 0.480. The molecule has 0 N–H and O–H groups in total. The minimum Gasteiger partial charge on any atom is -0.493 e. The molecule has 0 aliphatic carbocycles. The van der Waals surface area contributed by atoms with E-state index in [1.54, 1.807) is 0 Å². The zero-order valence-electron chi connectivity index (χ0n) is 19.1. The lowest BCUT2D eigenvalue weighted by Gasteiger charge is -2.42. The normalized spacial score (nSPS) is 19.1. The summed E-state index contributed by atoms with van der Waals surface area (Å²) in [7, 11) is -4.34. The van der Waals surface area contributed by atoms with Crippen molar-refractivity contribution in [1.82, 2.24) is 9.21 Å². The molecule has 2 fully saturated rings. The van der Waals surface area contributed by atoms with Gasteiger partial charge in [-0.2, -0.15) is 4.31 Å². The van der Waals surface area contributed by atoms with Crippen LogP contribution in [0.2, 0.25) is 0 Å². The number of carbonyl (C=O) groups is 1. The van der Waals surface area contributed by atoms with Gasteiger partial charge in [0.15, 0.2) is 4.90 Å². The van der Waals surface area contributed by atoms with E-state index in [4.69, 9.17) is 4.74 Å². The molecule has 2 aliphatic rings. The monoisotopic (exact) mass is 492 g/mol. The summed E-state index contributed by atoms with van der Waals surface area (Å²) in [4.78, 5) is 14.1. The summed E-state index contributed by atoms with van der Waals surface area (Å²) in [5.74, 6) is -1.49. The van der Waals surface area contributed by atoms with E-state index in [-0.39, 0.29) is 32.0 Å². The van der Waals surface area contributed by atoms with Crippen LogP contribution in [-0.2, 0) is 14.8 Å². The van der Waals surface area contributed by atoms with Crippen molar-refractivity contribution in [2.45, 2.75) is 43.4 Å². The quantitative estimate of drug-likeness (QED) is 0.581. The third-order valence-electron chi connectivity index (χ3n) is 6.82. The topological polar surface area (TPSA) is 66.9 Å². The molecule has 34 heavy (non-hydrogen) atoms. The van der Waals surface area contributed by atoms with Crippen LogP contribution in [-0.4, -0.2) is 56.3 Å². The molecule has 0 atom stereocenters. The molecular formula is C25H30F2N2O4S. The second kappa shape index (κ2) is 10.4. The lowest BCUT2D eigenvalue weighted by atomic mass is 9.76. The van der Waals surface area contributed by atoms with Gasteiger partial charge in [0.25, 0.3) is 0 Å². The number of sulfonamides is 1. The van der Waals surface area contributed by atoms with E-state index in [0.717, 1.165) is 54.9 Å². The fourth-order valence-electron chi connectivity index (χ4n) is 4.76. The Labute approximate surface area is 199 Å². The van der Waals surface area contributed by atoms with Gasteiger partial charge in [0.1, 0.15) is 17.4 Å². The summed E-state index contributed by atoms with van der Waals surface area (Å²) in [5.41, 5.74) is -0.565. The summed E-state index contributed by atoms with van der Waals surface area (Å²) >= 11 is 0. The molecule has 0 radical (unpaired) electrons. The molecule has 0 aromatic heterocycles. The van der Waals surface area contributed by atoms with E-state index in [1.807, 2.05) is 35.2 Å². The van der Waals surface area contributed by atoms with Gasteiger partial charge in [-0.15, -0.1) is 0 Å². The van der Waals surface area contributed by atoms with E-state index in [1.165, 1.54) is 0 Å². The van der Waals surface area contributed by atoms with Crippen LogP contribution in [0.4, 0.5) is 8.78 Å². The molecule has 2 aromatic rings. The first-order chi connectivity index (χ1) is 16.3. The molecule has 2 saturated heterocycles. The second-order valence-corrected chi connectivity index (χ2v) is 11.0. The molecule has 0 spiro atoms. The molecule has 2 aliphatic heterocycles. The van der Waals surface area contributed by atoms with Crippen molar-refractivity contribution in [2.75, 3.05) is 32.8 Å². The molecule has 0 bridgehead atoms. The van der Waals surface area contributed by atoms with Gasteiger partial charge in [-0.25, -0.2) is 17.2 Å². The van der Waals surface area contributed by atoms with Crippen LogP contribution in [0.3, 0.4) is 0 Å². The van der Waals surface area contributed by atoms with Crippen molar-refractivity contribution in [3.8, 4) is 5.75 Å². The fourth-order valence-corrected chi connectivity index (χ4v) is 6.31. The average molecular weight is 493 g/mol. The summed E-state index contributed by atoms with van der Waals surface area (Å²) in [6, 6.07) is 12.3. The van der Waals surface area contributed by atoms with Crippen LogP contribution >= 0.6 is 0 Å². The highest BCUT2D eigenvalue weighted by molar-refractivity contribution is 7.89. The number of nitrogens with zero attached hydrogens (tertiary/aromatic N) is 2. The smallest absolute Gasteiger partial charge is 0.248 e. The number of ether oxygens (including phenoxy) is 1. The van der Waals surface area contributed by atoms with Gasteiger partial charge in [0.05, 0.1) is 6.61 Å². The second-order valence-electron chi connectivity index (χ2n) is 9.17. The van der Waals surface area contributed by atoms with E-state index >= 15 is 0 Å². The summed E-state index contributed by atoms with van der Waals surface area (Å²) in [6.45, 7) is 1.85. The van der Waals surface area contributed by atoms with Gasteiger partial charge in [0.2, 0.25) is 15.9 Å². The standard InChI is InChI=1S/C25H30F2N2O4S/c26-21-10-7-11-22(27)24(21)34(31,32)29-16-12-25(13-17-29,19-33-20-8-3-1-4-9-20)18-23(30)28-14-5-2-6-15-28/h1,3-4,7-11H,2,5-6,12-19H2. The molecule has 9 heteroatoms. The Bertz CT molecular complexity index is 1080. The van der Waals surface area contributed by atoms with Gasteiger partial charge < -0.3 is 9.64 Å². The highest BCUT2D eigenvalue weighted by Gasteiger charge is 2.42. The maximum absolute atomic E-state index is 14.2. The van der Waals surface area contributed by atoms with Gasteiger partial charge >= 0.3 is 0 Å². The lowest BCUT2D eigenvalue weighted by Crippen LogP contribution is -2.48. The van der Waals surface area contributed by atoms with Crippen LogP contribution in [0.25, 0.3) is 0 Å². The number of benzene rings is 2. The van der Waals surface area contributed by atoms with Crippen molar-refractivity contribution < 1.29 is 26.7 Å². The van der Waals surface area contributed by atoms with E-state index in [9.17, 15) is 22.0 Å². The Hall–Kier alpha value is -2.52. The Morgan fingerprint density at radius 2 is 1.50 bits per heavy atom. The SMILES string of the molecule is O=C(CC1(COc2ccccc2)CCN(S(=O)(=O)c2c(F)cccc2F)CC1)N1CCCCC1. The lowest BCUT2D eigenvalue weighted by molar-refractivity contribution is -0.136. The molecule has 4 rings (SSSR count). The molecule has 2 aromatic carbocycles. The van der Waals surface area contributed by atoms with Crippen molar-refractivity contribution in [3.05, 3.63) is 60.2 Å². The third-order valence-corrected chi connectivity index (χ3v) is 8.77. The number of piperidine rings is 2. The van der Waals surface area contributed by atoms with Gasteiger partial charge in [-0.05, 0) is 56.4 Å². The first-order valence-electron chi connectivity index (χ1n) is 11.7. The van der Waals surface area contributed by atoms with Crippen LogP contribution in [0.1, 0.15) is 38.5 Å². The number of likely N-dealkylation sites (tertiary alicyclic amines) is 1. The number of carbonyl (C=O) groups excluding carboxylic acids is 1. The minimum atomic E-state index is -4.34. The molecular weight excluding hydrogens is 462 g/mol. The highest BCUT2D eigenvalue weighted by Crippen LogP contribution is 2.39. The van der Waals surface area contributed by atoms with Gasteiger partial charge in [-0.1, -0.05) is 24.3 Å². The number of hydrogen-bond donors (Lipinski definition) is 0. The zero-order chi connectivity index (χ0) is 24.2. The summed E-state index contributed by atoms with van der Waals surface area (Å²) in [5, 5.41) is 0. The maximum atomic E-state index is 14.2. The van der Waals surface area contributed by atoms with Crippen LogP contribution in [0.5, 0.6) is 5.75 Å². The maximum Gasteiger partial charge on any atom is 0.248 e. The van der Waals surface area contributed by atoms with Gasteiger partial charge in [-0.3, -0.25) is 4.79 Å². The van der Waals surface area contributed by atoms with Gasteiger partial charge in [0, 0.05) is 38.0 Å². The molecule has 0 saturated carbocycles. The van der Waals surface area contributed by atoms with Crippen molar-refractivity contribution in [2.24, 2.45) is 5.41 Å². The van der Waals surface area contributed by atoms with Crippen LogP contribution < -0.4 is 4.74 Å². The van der Waals surface area contributed by atoms with Crippen molar-refractivity contribution in [3.63, 3.8) is 0 Å². The third kappa shape index (κ3) is 5.41. The van der Waals surface area contributed by atoms with Crippen LogP contribution in [0.15, 0.2) is 53.4 Å². The summed E-state index contributed by atoms with van der Waals surface area (Å²) < 4.78 is 61.6. The number of halogens is 2. The largest absolute Gasteiger partial charge is 0.493 e. The van der Waals surface area contributed by atoms with E-state index in [0.29, 0.717) is 18.6 Å². The first-order valence-corrected chi connectivity index (χ1v) is 13.1. The Balaban J connectivity index is 1.51. The molecule has 2 heterocycles.